The summed E-state index contributed by atoms with van der Waals surface area (Å²) >= 11 is 0. The normalized spacial score (nSPS) is 14.1. The second kappa shape index (κ2) is 4.97. The number of nitrogens with zero attached hydrogens (tertiary/aromatic N) is 2. The van der Waals surface area contributed by atoms with Crippen molar-refractivity contribution >= 4 is 0 Å². The fourth-order valence-electron chi connectivity index (χ4n) is 1.81. The third-order valence-corrected chi connectivity index (χ3v) is 2.50. The number of rotatable bonds is 4. The first-order valence-corrected chi connectivity index (χ1v) is 5.75. The summed E-state index contributed by atoms with van der Waals surface area (Å²) in [5.74, 6) is 0. The zero-order valence-corrected chi connectivity index (χ0v) is 10.9. The van der Waals surface area contributed by atoms with Gasteiger partial charge in [0.15, 0.2) is 0 Å². The van der Waals surface area contributed by atoms with Gasteiger partial charge >= 0.3 is 0 Å². The SMILES string of the molecule is CCOC(CN)c1cn(C)nc1C(C)(C)C. The van der Waals surface area contributed by atoms with Gasteiger partial charge in [-0.3, -0.25) is 4.68 Å². The Morgan fingerprint density at radius 1 is 1.50 bits per heavy atom. The largest absolute Gasteiger partial charge is 0.372 e. The summed E-state index contributed by atoms with van der Waals surface area (Å²) in [5.41, 5.74) is 7.94. The van der Waals surface area contributed by atoms with Crippen molar-refractivity contribution < 1.29 is 4.74 Å². The topological polar surface area (TPSA) is 53.1 Å². The summed E-state index contributed by atoms with van der Waals surface area (Å²) in [6.45, 7) is 9.59. The molecule has 0 amide bonds. The second-order valence-corrected chi connectivity index (χ2v) is 5.04. The van der Waals surface area contributed by atoms with E-state index in [4.69, 9.17) is 10.5 Å². The third-order valence-electron chi connectivity index (χ3n) is 2.50. The molecule has 1 atom stereocenters. The molecule has 1 aromatic rings. The van der Waals surface area contributed by atoms with Crippen molar-refractivity contribution in [2.45, 2.75) is 39.2 Å². The average molecular weight is 225 g/mol. The van der Waals surface area contributed by atoms with Crippen LogP contribution in [0.2, 0.25) is 0 Å². The molecular formula is C12H23N3O. The van der Waals surface area contributed by atoms with Crippen molar-refractivity contribution in [1.82, 2.24) is 9.78 Å². The molecule has 0 bridgehead atoms. The minimum absolute atomic E-state index is 0.0150. The van der Waals surface area contributed by atoms with E-state index in [-0.39, 0.29) is 11.5 Å². The van der Waals surface area contributed by atoms with Gasteiger partial charge < -0.3 is 10.5 Å². The second-order valence-electron chi connectivity index (χ2n) is 5.04. The van der Waals surface area contributed by atoms with Gasteiger partial charge in [-0.15, -0.1) is 0 Å². The summed E-state index contributed by atoms with van der Waals surface area (Å²) in [6.07, 6.45) is 1.96. The van der Waals surface area contributed by atoms with Crippen molar-refractivity contribution in [2.24, 2.45) is 12.8 Å². The van der Waals surface area contributed by atoms with E-state index in [9.17, 15) is 0 Å². The predicted octanol–water partition coefficient (Wildman–Crippen LogP) is 1.75. The maximum Gasteiger partial charge on any atom is 0.0980 e. The molecule has 4 nitrogen and oxygen atoms in total. The summed E-state index contributed by atoms with van der Waals surface area (Å²) in [5, 5.41) is 4.51. The van der Waals surface area contributed by atoms with Crippen LogP contribution < -0.4 is 5.73 Å². The standard InChI is InChI=1S/C12H23N3O/c1-6-16-10(7-13)9-8-15(5)14-11(9)12(2,3)4/h8,10H,6-7,13H2,1-5H3. The van der Waals surface area contributed by atoms with Crippen LogP contribution in [0.1, 0.15) is 45.1 Å². The average Bonchev–Trinajstić information content (AvgIpc) is 2.56. The van der Waals surface area contributed by atoms with E-state index in [1.54, 1.807) is 0 Å². The first-order chi connectivity index (χ1) is 7.40. The fraction of sp³-hybridized carbons (Fsp3) is 0.750. The van der Waals surface area contributed by atoms with Crippen LogP contribution >= 0.6 is 0 Å². The van der Waals surface area contributed by atoms with Crippen LogP contribution in [0.4, 0.5) is 0 Å². The van der Waals surface area contributed by atoms with Gasteiger partial charge in [-0.1, -0.05) is 20.8 Å². The predicted molar refractivity (Wildman–Crippen MR) is 65.3 cm³/mol. The number of hydrogen-bond acceptors (Lipinski definition) is 3. The van der Waals surface area contributed by atoms with Gasteiger partial charge in [0.25, 0.3) is 0 Å². The zero-order valence-electron chi connectivity index (χ0n) is 10.9. The Morgan fingerprint density at radius 2 is 2.12 bits per heavy atom. The van der Waals surface area contributed by atoms with Gasteiger partial charge in [-0.25, -0.2) is 0 Å². The fourth-order valence-corrected chi connectivity index (χ4v) is 1.81. The monoisotopic (exact) mass is 225 g/mol. The van der Waals surface area contributed by atoms with Crippen LogP contribution in [0.15, 0.2) is 6.20 Å². The number of aromatic nitrogens is 2. The van der Waals surface area contributed by atoms with Crippen molar-refractivity contribution in [3.05, 3.63) is 17.5 Å². The van der Waals surface area contributed by atoms with E-state index in [0.717, 1.165) is 11.3 Å². The molecule has 0 spiro atoms. The Labute approximate surface area is 97.8 Å². The summed E-state index contributed by atoms with van der Waals surface area (Å²) in [4.78, 5) is 0. The van der Waals surface area contributed by atoms with Gasteiger partial charge in [0.2, 0.25) is 0 Å². The van der Waals surface area contributed by atoms with Gasteiger partial charge in [0, 0.05) is 37.4 Å². The van der Waals surface area contributed by atoms with E-state index >= 15 is 0 Å². The highest BCUT2D eigenvalue weighted by molar-refractivity contribution is 5.26. The van der Waals surface area contributed by atoms with Crippen LogP contribution in [-0.2, 0) is 17.2 Å². The molecule has 2 N–H and O–H groups in total. The zero-order chi connectivity index (χ0) is 12.3. The van der Waals surface area contributed by atoms with E-state index < -0.39 is 0 Å². The lowest BCUT2D eigenvalue weighted by Gasteiger charge is -2.21. The minimum atomic E-state index is -0.0482. The Kier molecular flexibility index (Phi) is 4.10. The highest BCUT2D eigenvalue weighted by Crippen LogP contribution is 2.29. The molecule has 16 heavy (non-hydrogen) atoms. The molecule has 1 heterocycles. The Hall–Kier alpha value is -0.870. The molecule has 0 saturated heterocycles. The van der Waals surface area contributed by atoms with Crippen LogP contribution in [0, 0.1) is 0 Å². The molecule has 0 radical (unpaired) electrons. The molecule has 1 unspecified atom stereocenters. The number of aryl methyl sites for hydroxylation is 1. The van der Waals surface area contributed by atoms with Gasteiger partial charge in [-0.05, 0) is 6.92 Å². The van der Waals surface area contributed by atoms with Crippen LogP contribution in [0.25, 0.3) is 0 Å². The van der Waals surface area contributed by atoms with E-state index in [0.29, 0.717) is 13.2 Å². The molecule has 0 aliphatic heterocycles. The van der Waals surface area contributed by atoms with E-state index in [1.165, 1.54) is 0 Å². The number of hydrogen-bond donors (Lipinski definition) is 1. The lowest BCUT2D eigenvalue weighted by molar-refractivity contribution is 0.0675. The maximum absolute atomic E-state index is 5.75. The van der Waals surface area contributed by atoms with Crippen LogP contribution in [0.3, 0.4) is 0 Å². The molecule has 0 aromatic carbocycles. The summed E-state index contributed by atoms with van der Waals surface area (Å²) in [7, 11) is 1.93. The van der Waals surface area contributed by atoms with Gasteiger partial charge in [0.1, 0.15) is 0 Å². The van der Waals surface area contributed by atoms with Crippen molar-refractivity contribution in [3.8, 4) is 0 Å². The summed E-state index contributed by atoms with van der Waals surface area (Å²) < 4.78 is 7.48. The highest BCUT2D eigenvalue weighted by atomic mass is 16.5. The molecule has 4 heteroatoms. The molecule has 0 aliphatic rings. The molecule has 0 fully saturated rings. The quantitative estimate of drug-likeness (QED) is 0.849. The first kappa shape index (κ1) is 13.2. The molecule has 92 valence electrons. The molecule has 0 saturated carbocycles. The summed E-state index contributed by atoms with van der Waals surface area (Å²) in [6, 6.07) is 0. The molecular weight excluding hydrogens is 202 g/mol. The Bertz CT molecular complexity index is 339. The Balaban J connectivity index is 3.11. The van der Waals surface area contributed by atoms with Crippen molar-refractivity contribution in [1.29, 1.82) is 0 Å². The van der Waals surface area contributed by atoms with Crippen molar-refractivity contribution in [2.75, 3.05) is 13.2 Å². The molecule has 0 aliphatic carbocycles. The van der Waals surface area contributed by atoms with Gasteiger partial charge in [-0.2, -0.15) is 5.10 Å². The molecule has 1 aromatic heterocycles. The number of nitrogens with two attached hydrogens (primary N) is 1. The highest BCUT2D eigenvalue weighted by Gasteiger charge is 2.26. The molecule has 1 rings (SSSR count). The van der Waals surface area contributed by atoms with Gasteiger partial charge in [0.05, 0.1) is 11.8 Å². The third kappa shape index (κ3) is 2.83. The first-order valence-electron chi connectivity index (χ1n) is 5.75. The lowest BCUT2D eigenvalue weighted by atomic mass is 9.88. The van der Waals surface area contributed by atoms with Crippen LogP contribution in [-0.4, -0.2) is 22.9 Å². The smallest absolute Gasteiger partial charge is 0.0980 e. The minimum Gasteiger partial charge on any atom is -0.372 e. The van der Waals surface area contributed by atoms with Crippen LogP contribution in [0.5, 0.6) is 0 Å². The van der Waals surface area contributed by atoms with E-state index in [2.05, 4.69) is 25.9 Å². The van der Waals surface area contributed by atoms with E-state index in [1.807, 2.05) is 24.9 Å². The van der Waals surface area contributed by atoms with Crippen molar-refractivity contribution in [3.63, 3.8) is 0 Å². The maximum atomic E-state index is 5.75. The Morgan fingerprint density at radius 3 is 2.56 bits per heavy atom. The number of ether oxygens (including phenoxy) is 1. The lowest BCUT2D eigenvalue weighted by Crippen LogP contribution is -2.21.